The predicted molar refractivity (Wildman–Crippen MR) is 128 cm³/mol. The molecule has 0 spiro atoms. The van der Waals surface area contributed by atoms with Gasteiger partial charge < -0.3 is 19.5 Å². The number of benzene rings is 3. The Hall–Kier alpha value is -4.10. The molecular formula is C27H25N3O4. The molecule has 7 heteroatoms. The SMILES string of the molecule is COCCN1C(=O)c2[nH]nc(-c3ccccc3O)c2[C@@H]1c1ccc(OCc2ccccc2)cc1. The number of fused-ring (bicyclic) bond motifs is 1. The van der Waals surface area contributed by atoms with Gasteiger partial charge in [0.2, 0.25) is 0 Å². The third-order valence-corrected chi connectivity index (χ3v) is 6.00. The molecule has 1 aromatic heterocycles. The fourth-order valence-electron chi connectivity index (χ4n) is 4.33. The molecule has 0 saturated heterocycles. The van der Waals surface area contributed by atoms with Crippen LogP contribution in [0.1, 0.15) is 33.2 Å². The lowest BCUT2D eigenvalue weighted by Crippen LogP contribution is -2.32. The van der Waals surface area contributed by atoms with Crippen molar-refractivity contribution in [3.8, 4) is 22.8 Å². The summed E-state index contributed by atoms with van der Waals surface area (Å²) in [7, 11) is 1.61. The van der Waals surface area contributed by atoms with E-state index in [1.165, 1.54) is 0 Å². The summed E-state index contributed by atoms with van der Waals surface area (Å²) in [5.41, 5.74) is 4.34. The first-order valence-corrected chi connectivity index (χ1v) is 11.1. The van der Waals surface area contributed by atoms with Crippen molar-refractivity contribution in [1.82, 2.24) is 15.1 Å². The molecule has 5 rings (SSSR count). The van der Waals surface area contributed by atoms with Crippen LogP contribution in [0.2, 0.25) is 0 Å². The van der Waals surface area contributed by atoms with E-state index in [0.29, 0.717) is 36.7 Å². The summed E-state index contributed by atoms with van der Waals surface area (Å²) < 4.78 is 11.2. The Bertz CT molecular complexity index is 1280. The molecule has 4 aromatic rings. The van der Waals surface area contributed by atoms with Crippen LogP contribution < -0.4 is 4.74 Å². The highest BCUT2D eigenvalue weighted by Gasteiger charge is 2.42. The summed E-state index contributed by atoms with van der Waals surface area (Å²) >= 11 is 0. The number of phenols is 1. The number of aromatic amines is 1. The molecule has 1 aliphatic rings. The van der Waals surface area contributed by atoms with Crippen LogP contribution >= 0.6 is 0 Å². The van der Waals surface area contributed by atoms with Crippen LogP contribution in [0.15, 0.2) is 78.9 Å². The lowest BCUT2D eigenvalue weighted by Gasteiger charge is -2.26. The van der Waals surface area contributed by atoms with Crippen LogP contribution in [0, 0.1) is 0 Å². The lowest BCUT2D eigenvalue weighted by atomic mass is 9.95. The highest BCUT2D eigenvalue weighted by molar-refractivity contribution is 6.00. The Kier molecular flexibility index (Phi) is 6.01. The molecule has 0 bridgehead atoms. The van der Waals surface area contributed by atoms with Crippen LogP contribution in [0.4, 0.5) is 0 Å². The summed E-state index contributed by atoms with van der Waals surface area (Å²) in [6.45, 7) is 1.31. The summed E-state index contributed by atoms with van der Waals surface area (Å²) in [4.78, 5) is 15.0. The van der Waals surface area contributed by atoms with E-state index >= 15 is 0 Å². The zero-order valence-electron chi connectivity index (χ0n) is 18.8. The number of hydrogen-bond acceptors (Lipinski definition) is 5. The van der Waals surface area contributed by atoms with E-state index in [1.54, 1.807) is 30.2 Å². The van der Waals surface area contributed by atoms with E-state index in [1.807, 2.05) is 60.7 Å². The van der Waals surface area contributed by atoms with Crippen LogP contribution in [0.5, 0.6) is 11.5 Å². The van der Waals surface area contributed by atoms with Gasteiger partial charge in [-0.2, -0.15) is 5.10 Å². The fourth-order valence-corrected chi connectivity index (χ4v) is 4.33. The summed E-state index contributed by atoms with van der Waals surface area (Å²) in [6.07, 6.45) is 0. The van der Waals surface area contributed by atoms with Gasteiger partial charge in [0.05, 0.1) is 12.6 Å². The maximum absolute atomic E-state index is 13.3. The average molecular weight is 456 g/mol. The van der Waals surface area contributed by atoms with Crippen molar-refractivity contribution in [2.24, 2.45) is 0 Å². The number of H-pyrrole nitrogens is 1. The van der Waals surface area contributed by atoms with Crippen LogP contribution in [-0.2, 0) is 11.3 Å². The van der Waals surface area contributed by atoms with Crippen molar-refractivity contribution in [2.45, 2.75) is 12.6 Å². The number of phenolic OH excluding ortho intramolecular Hbond substituents is 1. The van der Waals surface area contributed by atoms with Crippen LogP contribution in [0.3, 0.4) is 0 Å². The molecule has 1 aliphatic heterocycles. The van der Waals surface area contributed by atoms with E-state index in [-0.39, 0.29) is 17.7 Å². The zero-order valence-corrected chi connectivity index (χ0v) is 18.8. The highest BCUT2D eigenvalue weighted by Crippen LogP contribution is 2.44. The van der Waals surface area contributed by atoms with Crippen molar-refractivity contribution in [2.75, 3.05) is 20.3 Å². The Morgan fingerprint density at radius 2 is 1.74 bits per heavy atom. The standard InChI is InChI=1S/C27H25N3O4/c1-33-16-15-30-26(19-11-13-20(14-12-19)34-17-18-7-3-2-4-8-18)23-24(28-29-25(23)27(30)32)21-9-5-6-10-22(21)31/h2-14,26,31H,15-17H2,1H3,(H,28,29)/t26-/m0/s1. The van der Waals surface area contributed by atoms with Crippen LogP contribution in [0.25, 0.3) is 11.3 Å². The van der Waals surface area contributed by atoms with Gasteiger partial charge in [-0.1, -0.05) is 54.6 Å². The first-order chi connectivity index (χ1) is 16.7. The largest absolute Gasteiger partial charge is 0.507 e. The minimum atomic E-state index is -0.367. The molecule has 34 heavy (non-hydrogen) atoms. The molecular weight excluding hydrogens is 430 g/mol. The molecule has 3 aromatic carbocycles. The predicted octanol–water partition coefficient (Wildman–Crippen LogP) is 4.55. The first kappa shape index (κ1) is 21.7. The monoisotopic (exact) mass is 455 g/mol. The number of aromatic nitrogens is 2. The van der Waals surface area contributed by atoms with E-state index in [2.05, 4.69) is 10.2 Å². The molecule has 2 heterocycles. The molecule has 7 nitrogen and oxygen atoms in total. The molecule has 1 amide bonds. The van der Waals surface area contributed by atoms with E-state index in [9.17, 15) is 9.90 Å². The number of aromatic hydroxyl groups is 1. The highest BCUT2D eigenvalue weighted by atomic mass is 16.5. The smallest absolute Gasteiger partial charge is 0.273 e. The van der Waals surface area contributed by atoms with Gasteiger partial charge in [-0.15, -0.1) is 0 Å². The second-order valence-corrected chi connectivity index (χ2v) is 8.12. The van der Waals surface area contributed by atoms with Gasteiger partial charge >= 0.3 is 0 Å². The van der Waals surface area contributed by atoms with Crippen molar-refractivity contribution in [3.05, 3.63) is 101 Å². The maximum atomic E-state index is 13.3. The van der Waals surface area contributed by atoms with Crippen LogP contribution in [-0.4, -0.2) is 46.4 Å². The molecule has 0 aliphatic carbocycles. The Labute approximate surface area is 197 Å². The minimum Gasteiger partial charge on any atom is -0.507 e. The summed E-state index contributed by atoms with van der Waals surface area (Å²) in [5.74, 6) is 0.715. The molecule has 0 fully saturated rings. The van der Waals surface area contributed by atoms with Gasteiger partial charge in [-0.25, -0.2) is 0 Å². The average Bonchev–Trinajstić information content (AvgIpc) is 3.41. The second-order valence-electron chi connectivity index (χ2n) is 8.12. The molecule has 172 valence electrons. The number of methoxy groups -OCH3 is 1. The topological polar surface area (TPSA) is 87.7 Å². The van der Waals surface area contributed by atoms with E-state index in [0.717, 1.165) is 22.4 Å². The second kappa shape index (κ2) is 9.41. The van der Waals surface area contributed by atoms with Gasteiger partial charge in [-0.05, 0) is 35.4 Å². The van der Waals surface area contributed by atoms with Gasteiger partial charge in [0.25, 0.3) is 5.91 Å². The number of carbonyl (C=O) groups excluding carboxylic acids is 1. The number of rotatable bonds is 8. The molecule has 1 atom stereocenters. The van der Waals surface area contributed by atoms with Gasteiger partial charge in [0, 0.05) is 24.8 Å². The number of ether oxygens (including phenoxy) is 2. The number of hydrogen-bond donors (Lipinski definition) is 2. The third kappa shape index (κ3) is 4.02. The summed E-state index contributed by atoms with van der Waals surface area (Å²) in [6, 6.07) is 24.4. The zero-order chi connectivity index (χ0) is 23.5. The van der Waals surface area contributed by atoms with E-state index < -0.39 is 0 Å². The number of para-hydroxylation sites is 1. The number of amides is 1. The Balaban J connectivity index is 1.48. The first-order valence-electron chi connectivity index (χ1n) is 11.1. The van der Waals surface area contributed by atoms with Crippen molar-refractivity contribution in [1.29, 1.82) is 0 Å². The Morgan fingerprint density at radius 3 is 2.47 bits per heavy atom. The van der Waals surface area contributed by atoms with Gasteiger partial charge in [0.15, 0.2) is 0 Å². The summed E-state index contributed by atoms with van der Waals surface area (Å²) in [5, 5.41) is 17.7. The molecule has 0 saturated carbocycles. The number of nitrogens with zero attached hydrogens (tertiary/aromatic N) is 2. The van der Waals surface area contributed by atoms with Crippen molar-refractivity contribution < 1.29 is 19.4 Å². The fraction of sp³-hybridized carbons (Fsp3) is 0.185. The Morgan fingerprint density at radius 1 is 1.00 bits per heavy atom. The molecule has 0 radical (unpaired) electrons. The minimum absolute atomic E-state index is 0.114. The molecule has 2 N–H and O–H groups in total. The third-order valence-electron chi connectivity index (χ3n) is 6.00. The normalized spacial score (nSPS) is 14.9. The quantitative estimate of drug-likeness (QED) is 0.407. The maximum Gasteiger partial charge on any atom is 0.273 e. The van der Waals surface area contributed by atoms with Crippen molar-refractivity contribution >= 4 is 5.91 Å². The number of nitrogens with one attached hydrogen (secondary N) is 1. The van der Waals surface area contributed by atoms with Gasteiger partial charge in [0.1, 0.15) is 29.5 Å². The lowest BCUT2D eigenvalue weighted by molar-refractivity contribution is 0.0677. The molecule has 0 unspecified atom stereocenters. The van der Waals surface area contributed by atoms with Gasteiger partial charge in [-0.3, -0.25) is 9.89 Å². The van der Waals surface area contributed by atoms with E-state index in [4.69, 9.17) is 9.47 Å². The van der Waals surface area contributed by atoms with Crippen molar-refractivity contribution in [3.63, 3.8) is 0 Å². The number of carbonyl (C=O) groups is 1.